The molecule has 5 nitrogen and oxygen atoms in total. The molecule has 0 saturated heterocycles. The first-order valence-corrected chi connectivity index (χ1v) is 8.28. The van der Waals surface area contributed by atoms with Gasteiger partial charge in [0.1, 0.15) is 17.4 Å². The van der Waals surface area contributed by atoms with Crippen molar-refractivity contribution in [3.63, 3.8) is 0 Å². The molecular weight excluding hydrogens is 321 g/mol. The minimum Gasteiger partial charge on any atom is -0.327 e. The Morgan fingerprint density at radius 1 is 1.32 bits per heavy atom. The highest BCUT2D eigenvalue weighted by Gasteiger charge is 2.29. The van der Waals surface area contributed by atoms with Crippen LogP contribution in [0.3, 0.4) is 0 Å². The molecule has 0 saturated carbocycles. The SMILES string of the molecule is N[C@@H](CC(=O)C[C@@H]1Cc2cccnc2NC1=O)Cc1ccccc1F. The molecule has 1 aromatic carbocycles. The maximum absolute atomic E-state index is 13.7. The maximum atomic E-state index is 13.7. The van der Waals surface area contributed by atoms with Crippen LogP contribution in [-0.2, 0) is 22.4 Å². The molecule has 3 rings (SSSR count). The van der Waals surface area contributed by atoms with E-state index in [0.29, 0.717) is 24.2 Å². The largest absolute Gasteiger partial charge is 0.327 e. The summed E-state index contributed by atoms with van der Waals surface area (Å²) in [6, 6.07) is 9.63. The Morgan fingerprint density at radius 2 is 2.12 bits per heavy atom. The Bertz CT molecular complexity index is 794. The number of benzene rings is 1. The van der Waals surface area contributed by atoms with E-state index in [1.165, 1.54) is 6.07 Å². The van der Waals surface area contributed by atoms with Gasteiger partial charge in [-0.15, -0.1) is 0 Å². The molecule has 0 bridgehead atoms. The number of hydrogen-bond donors (Lipinski definition) is 2. The van der Waals surface area contributed by atoms with Crippen LogP contribution >= 0.6 is 0 Å². The fourth-order valence-corrected chi connectivity index (χ4v) is 3.13. The predicted molar refractivity (Wildman–Crippen MR) is 92.4 cm³/mol. The topological polar surface area (TPSA) is 85.1 Å². The van der Waals surface area contributed by atoms with Crippen LogP contribution in [0, 0.1) is 11.7 Å². The number of aromatic nitrogens is 1. The standard InChI is InChI=1S/C19H20FN3O2/c20-17-6-2-1-4-12(17)9-15(21)11-16(24)10-14-8-13-5-3-7-22-18(13)23-19(14)25/h1-7,14-15H,8-11,21H2,(H,22,23,25)/t14-,15+/m0/s1. The molecule has 1 aromatic heterocycles. The Labute approximate surface area is 145 Å². The maximum Gasteiger partial charge on any atom is 0.229 e. The third kappa shape index (κ3) is 4.28. The molecule has 2 heterocycles. The molecule has 3 N–H and O–H groups in total. The molecule has 6 heteroatoms. The number of ketones is 1. The first-order valence-electron chi connectivity index (χ1n) is 8.28. The minimum atomic E-state index is -0.468. The summed E-state index contributed by atoms with van der Waals surface area (Å²) in [6.45, 7) is 0. The third-order valence-corrected chi connectivity index (χ3v) is 4.37. The molecule has 1 aliphatic heterocycles. The molecule has 0 aliphatic carbocycles. The van der Waals surface area contributed by atoms with Gasteiger partial charge >= 0.3 is 0 Å². The fourth-order valence-electron chi connectivity index (χ4n) is 3.13. The van der Waals surface area contributed by atoms with Gasteiger partial charge in [-0.25, -0.2) is 9.37 Å². The first-order chi connectivity index (χ1) is 12.0. The Balaban J connectivity index is 1.56. The van der Waals surface area contributed by atoms with Gasteiger partial charge in [-0.05, 0) is 36.1 Å². The van der Waals surface area contributed by atoms with Crippen LogP contribution in [0.4, 0.5) is 10.2 Å². The molecule has 2 atom stereocenters. The van der Waals surface area contributed by atoms with E-state index < -0.39 is 12.0 Å². The van der Waals surface area contributed by atoms with Crippen molar-refractivity contribution in [2.45, 2.75) is 31.7 Å². The zero-order chi connectivity index (χ0) is 17.8. The zero-order valence-electron chi connectivity index (χ0n) is 13.7. The van der Waals surface area contributed by atoms with Crippen LogP contribution in [0.1, 0.15) is 24.0 Å². The summed E-state index contributed by atoms with van der Waals surface area (Å²) in [7, 11) is 0. The van der Waals surface area contributed by atoms with Crippen LogP contribution in [0.2, 0.25) is 0 Å². The molecule has 2 aromatic rings. The van der Waals surface area contributed by atoms with Gasteiger partial charge in [-0.3, -0.25) is 9.59 Å². The van der Waals surface area contributed by atoms with E-state index in [9.17, 15) is 14.0 Å². The molecule has 25 heavy (non-hydrogen) atoms. The lowest BCUT2D eigenvalue weighted by Gasteiger charge is -2.23. The summed E-state index contributed by atoms with van der Waals surface area (Å²) < 4.78 is 13.7. The number of amides is 1. The second-order valence-corrected chi connectivity index (χ2v) is 6.40. The van der Waals surface area contributed by atoms with Crippen LogP contribution in [0.25, 0.3) is 0 Å². The quantitative estimate of drug-likeness (QED) is 0.844. The molecule has 0 radical (unpaired) electrons. The molecule has 0 fully saturated rings. The van der Waals surface area contributed by atoms with Gasteiger partial charge in [-0.2, -0.15) is 0 Å². The van der Waals surface area contributed by atoms with Crippen molar-refractivity contribution >= 4 is 17.5 Å². The minimum absolute atomic E-state index is 0.0867. The van der Waals surface area contributed by atoms with E-state index in [4.69, 9.17) is 5.73 Å². The van der Waals surface area contributed by atoms with Crippen LogP contribution in [0.5, 0.6) is 0 Å². The second kappa shape index (κ2) is 7.53. The number of hydrogen-bond acceptors (Lipinski definition) is 4. The normalized spacial score (nSPS) is 17.5. The average molecular weight is 341 g/mol. The van der Waals surface area contributed by atoms with Crippen molar-refractivity contribution in [2.75, 3.05) is 5.32 Å². The summed E-state index contributed by atoms with van der Waals surface area (Å²) in [5.74, 6) is -0.447. The highest BCUT2D eigenvalue weighted by atomic mass is 19.1. The summed E-state index contributed by atoms with van der Waals surface area (Å²) >= 11 is 0. The van der Waals surface area contributed by atoms with E-state index in [0.717, 1.165) is 5.56 Å². The molecule has 1 aliphatic rings. The Morgan fingerprint density at radius 3 is 2.92 bits per heavy atom. The predicted octanol–water partition coefficient (Wildman–Crippen LogP) is 2.25. The summed E-state index contributed by atoms with van der Waals surface area (Å²) in [5.41, 5.74) is 7.42. The molecular formula is C19H20FN3O2. The lowest BCUT2D eigenvalue weighted by atomic mass is 9.89. The second-order valence-electron chi connectivity index (χ2n) is 6.40. The van der Waals surface area contributed by atoms with Crippen molar-refractivity contribution in [1.82, 2.24) is 4.98 Å². The number of rotatable bonds is 6. The number of anilines is 1. The number of nitrogens with one attached hydrogen (secondary N) is 1. The van der Waals surface area contributed by atoms with Crippen molar-refractivity contribution in [1.29, 1.82) is 0 Å². The van der Waals surface area contributed by atoms with Gasteiger partial charge in [-0.1, -0.05) is 24.3 Å². The lowest BCUT2D eigenvalue weighted by molar-refractivity contribution is -0.126. The van der Waals surface area contributed by atoms with E-state index in [-0.39, 0.29) is 30.3 Å². The molecule has 0 spiro atoms. The van der Waals surface area contributed by atoms with Crippen molar-refractivity contribution in [3.8, 4) is 0 Å². The van der Waals surface area contributed by atoms with Crippen LogP contribution in [0.15, 0.2) is 42.6 Å². The number of carbonyl (C=O) groups excluding carboxylic acids is 2. The fraction of sp³-hybridized carbons (Fsp3) is 0.316. The van der Waals surface area contributed by atoms with E-state index in [1.54, 1.807) is 30.5 Å². The van der Waals surface area contributed by atoms with Gasteiger partial charge in [0.05, 0.1) is 0 Å². The Kier molecular flexibility index (Phi) is 5.19. The highest BCUT2D eigenvalue weighted by molar-refractivity contribution is 5.97. The average Bonchev–Trinajstić information content (AvgIpc) is 2.57. The number of halogens is 1. The monoisotopic (exact) mass is 341 g/mol. The summed E-state index contributed by atoms with van der Waals surface area (Å²) in [6.07, 6.45) is 2.65. The smallest absolute Gasteiger partial charge is 0.229 e. The molecule has 0 unspecified atom stereocenters. The number of fused-ring (bicyclic) bond motifs is 1. The third-order valence-electron chi connectivity index (χ3n) is 4.37. The number of nitrogens with zero attached hydrogens (tertiary/aromatic N) is 1. The van der Waals surface area contributed by atoms with E-state index >= 15 is 0 Å². The van der Waals surface area contributed by atoms with Crippen LogP contribution in [-0.4, -0.2) is 22.7 Å². The van der Waals surface area contributed by atoms with Gasteiger partial charge in [0.2, 0.25) is 5.91 Å². The number of nitrogens with two attached hydrogens (primary N) is 1. The number of carbonyl (C=O) groups is 2. The van der Waals surface area contributed by atoms with Crippen molar-refractivity contribution < 1.29 is 14.0 Å². The summed E-state index contributed by atoms with van der Waals surface area (Å²) in [4.78, 5) is 28.5. The van der Waals surface area contributed by atoms with Gasteiger partial charge in [0, 0.05) is 31.0 Å². The molecule has 1 amide bonds. The van der Waals surface area contributed by atoms with Gasteiger partial charge < -0.3 is 11.1 Å². The highest BCUT2D eigenvalue weighted by Crippen LogP contribution is 2.25. The first kappa shape index (κ1) is 17.2. The van der Waals surface area contributed by atoms with E-state index in [2.05, 4.69) is 10.3 Å². The zero-order valence-corrected chi connectivity index (χ0v) is 13.7. The Hall–Kier alpha value is -2.60. The summed E-state index contributed by atoms with van der Waals surface area (Å²) in [5, 5.41) is 2.73. The van der Waals surface area contributed by atoms with E-state index in [1.807, 2.05) is 6.07 Å². The van der Waals surface area contributed by atoms with Gasteiger partial charge in [0.15, 0.2) is 0 Å². The lowest BCUT2D eigenvalue weighted by Crippen LogP contribution is -2.34. The van der Waals surface area contributed by atoms with Crippen molar-refractivity contribution in [2.24, 2.45) is 11.7 Å². The molecule has 130 valence electrons. The van der Waals surface area contributed by atoms with Gasteiger partial charge in [0.25, 0.3) is 0 Å². The van der Waals surface area contributed by atoms with Crippen LogP contribution < -0.4 is 11.1 Å². The number of Topliss-reactive ketones (excluding diaryl/α,β-unsaturated/α-hetero) is 1. The van der Waals surface area contributed by atoms with Crippen molar-refractivity contribution in [3.05, 3.63) is 59.5 Å². The number of pyridine rings is 1.